The summed E-state index contributed by atoms with van der Waals surface area (Å²) in [6.07, 6.45) is 16.8. The molecular weight excluding hydrogens is 208 g/mol. The van der Waals surface area contributed by atoms with Crippen LogP contribution < -0.4 is 0 Å². The van der Waals surface area contributed by atoms with Gasteiger partial charge in [-0.3, -0.25) is 9.36 Å². The molecule has 0 spiro atoms. The fraction of sp³-hybridized carbons (Fsp3) is 0.867. The van der Waals surface area contributed by atoms with Gasteiger partial charge in [-0.15, -0.1) is 0 Å². The molecule has 2 heteroatoms. The summed E-state index contributed by atoms with van der Waals surface area (Å²) in [7, 11) is 2.28. The summed E-state index contributed by atoms with van der Waals surface area (Å²) in [4.78, 5) is 0. The van der Waals surface area contributed by atoms with E-state index in [2.05, 4.69) is 22.6 Å². The Bertz CT molecular complexity index is 318. The molecule has 2 aliphatic carbocycles. The lowest BCUT2D eigenvalue weighted by atomic mass is 9.86. The number of aromatic nitrogens is 2. The van der Waals surface area contributed by atoms with Crippen molar-refractivity contribution in [2.24, 2.45) is 7.05 Å². The molecule has 1 heterocycles. The third-order valence-electron chi connectivity index (χ3n) is 4.96. The molecule has 0 aromatic carbocycles. The average molecular weight is 234 g/mol. The van der Waals surface area contributed by atoms with Gasteiger partial charge in [0.05, 0.1) is 5.69 Å². The zero-order valence-electron chi connectivity index (χ0n) is 11.2. The molecule has 0 unspecified atom stereocenters. The van der Waals surface area contributed by atoms with Crippen molar-refractivity contribution < 1.29 is 0 Å². The second-order valence-electron chi connectivity index (χ2n) is 6.08. The van der Waals surface area contributed by atoms with Crippen LogP contribution in [0, 0.1) is 0 Å². The van der Waals surface area contributed by atoms with Crippen molar-refractivity contribution in [3.05, 3.63) is 11.9 Å². The van der Waals surface area contributed by atoms with Gasteiger partial charge in [-0.1, -0.05) is 38.5 Å². The Labute approximate surface area is 105 Å². The highest BCUT2D eigenvalue weighted by Gasteiger charge is 2.24. The Morgan fingerprint density at radius 3 is 2.06 bits per heavy atom. The second kappa shape index (κ2) is 4.91. The third kappa shape index (κ3) is 2.19. The van der Waals surface area contributed by atoms with E-state index < -0.39 is 0 Å². The molecule has 2 fully saturated rings. The van der Waals surface area contributed by atoms with Crippen molar-refractivity contribution in [1.29, 1.82) is 0 Å². The molecule has 0 amide bonds. The molecular formula is C15H26N2. The van der Waals surface area contributed by atoms with Gasteiger partial charge < -0.3 is 0 Å². The maximum Gasteiger partial charge on any atom is 0.0553 e. The number of hydrogen-bond acceptors (Lipinski definition) is 0. The molecule has 1 aromatic rings. The van der Waals surface area contributed by atoms with Crippen LogP contribution in [0.5, 0.6) is 0 Å². The normalized spacial score (nSPS) is 24.3. The van der Waals surface area contributed by atoms with Crippen LogP contribution in [0.25, 0.3) is 0 Å². The first-order valence-corrected chi connectivity index (χ1v) is 7.60. The Hall–Kier alpha value is -0.660. The minimum atomic E-state index is 0.807. The molecule has 96 valence electrons. The van der Waals surface area contributed by atoms with Crippen LogP contribution in [0.3, 0.4) is 0 Å². The molecule has 2 aliphatic rings. The van der Waals surface area contributed by atoms with Crippen molar-refractivity contribution in [2.75, 3.05) is 0 Å². The van der Waals surface area contributed by atoms with Gasteiger partial charge in [0.25, 0.3) is 0 Å². The van der Waals surface area contributed by atoms with Crippen LogP contribution in [0.1, 0.15) is 81.9 Å². The SMILES string of the molecule is Cn1c(C2CCCCC2)cn1C1CCCCC1. The predicted molar refractivity (Wildman–Crippen MR) is 71.4 cm³/mol. The molecule has 1 aromatic heterocycles. The van der Waals surface area contributed by atoms with Crippen molar-refractivity contribution >= 4 is 0 Å². The second-order valence-corrected chi connectivity index (χ2v) is 6.08. The van der Waals surface area contributed by atoms with Gasteiger partial charge in [0.2, 0.25) is 0 Å². The Morgan fingerprint density at radius 2 is 1.47 bits per heavy atom. The minimum Gasteiger partial charge on any atom is -0.291 e. The van der Waals surface area contributed by atoms with E-state index in [4.69, 9.17) is 0 Å². The fourth-order valence-electron chi connectivity index (χ4n) is 3.85. The Balaban J connectivity index is 1.67. The Morgan fingerprint density at radius 1 is 0.882 bits per heavy atom. The molecule has 0 aliphatic heterocycles. The lowest BCUT2D eigenvalue weighted by molar-refractivity contribution is 0.258. The molecule has 0 atom stereocenters. The standard InChI is InChI=1S/C15H26N2/c1-16-15(13-8-4-2-5-9-13)12-17(16)14-10-6-3-7-11-14/h12-14H,2-11H2,1H3. The lowest BCUT2D eigenvalue weighted by Gasteiger charge is -2.36. The van der Waals surface area contributed by atoms with Gasteiger partial charge in [-0.2, -0.15) is 0 Å². The third-order valence-corrected chi connectivity index (χ3v) is 4.96. The zero-order valence-corrected chi connectivity index (χ0v) is 11.2. The maximum absolute atomic E-state index is 2.52. The predicted octanol–water partition coefficient (Wildman–Crippen LogP) is 4.38. The van der Waals surface area contributed by atoms with E-state index in [1.54, 1.807) is 5.69 Å². The van der Waals surface area contributed by atoms with Gasteiger partial charge >= 0.3 is 0 Å². The van der Waals surface area contributed by atoms with E-state index >= 15 is 0 Å². The van der Waals surface area contributed by atoms with Gasteiger partial charge in [0, 0.05) is 25.2 Å². The van der Waals surface area contributed by atoms with E-state index in [0.29, 0.717) is 0 Å². The summed E-state index contributed by atoms with van der Waals surface area (Å²) in [5, 5.41) is 0. The van der Waals surface area contributed by atoms with E-state index in [-0.39, 0.29) is 0 Å². The average Bonchev–Trinajstić information content (AvgIpc) is 2.40. The molecule has 17 heavy (non-hydrogen) atoms. The molecule has 0 bridgehead atoms. The summed E-state index contributed by atoms with van der Waals surface area (Å²) < 4.78 is 4.98. The van der Waals surface area contributed by atoms with Crippen molar-refractivity contribution in [2.45, 2.75) is 76.2 Å². The first kappa shape index (κ1) is 11.4. The first-order valence-electron chi connectivity index (χ1n) is 7.60. The van der Waals surface area contributed by atoms with Gasteiger partial charge in [-0.25, -0.2) is 0 Å². The molecule has 0 N–H and O–H groups in total. The van der Waals surface area contributed by atoms with Crippen LogP contribution in [0.2, 0.25) is 0 Å². The fourth-order valence-corrected chi connectivity index (χ4v) is 3.85. The van der Waals surface area contributed by atoms with E-state index in [0.717, 1.165) is 12.0 Å². The molecule has 0 saturated heterocycles. The van der Waals surface area contributed by atoms with E-state index in [1.807, 2.05) is 0 Å². The largest absolute Gasteiger partial charge is 0.291 e. The van der Waals surface area contributed by atoms with Gasteiger partial charge in [0.15, 0.2) is 0 Å². The summed E-state index contributed by atoms with van der Waals surface area (Å²) in [6.45, 7) is 0. The maximum atomic E-state index is 2.52. The van der Waals surface area contributed by atoms with Crippen LogP contribution in [0.15, 0.2) is 6.20 Å². The highest BCUT2D eigenvalue weighted by atomic mass is 15.4. The van der Waals surface area contributed by atoms with Gasteiger partial charge in [0.1, 0.15) is 0 Å². The minimum absolute atomic E-state index is 0.807. The molecule has 2 nitrogen and oxygen atoms in total. The van der Waals surface area contributed by atoms with Crippen LogP contribution in [0.4, 0.5) is 0 Å². The van der Waals surface area contributed by atoms with Crippen molar-refractivity contribution in [1.82, 2.24) is 9.36 Å². The Kier molecular flexibility index (Phi) is 3.30. The lowest BCUT2D eigenvalue weighted by Crippen LogP contribution is -2.30. The zero-order chi connectivity index (χ0) is 11.7. The number of nitrogens with zero attached hydrogens (tertiary/aromatic N) is 2. The highest BCUT2D eigenvalue weighted by Crippen LogP contribution is 2.36. The quantitative estimate of drug-likeness (QED) is 0.718. The van der Waals surface area contributed by atoms with Crippen LogP contribution in [-0.4, -0.2) is 9.36 Å². The topological polar surface area (TPSA) is 9.86 Å². The smallest absolute Gasteiger partial charge is 0.0553 e. The summed E-state index contributed by atoms with van der Waals surface area (Å²) >= 11 is 0. The number of rotatable bonds is 2. The summed E-state index contributed by atoms with van der Waals surface area (Å²) in [5.74, 6) is 0.869. The highest BCUT2D eigenvalue weighted by molar-refractivity contribution is 5.09. The summed E-state index contributed by atoms with van der Waals surface area (Å²) in [6, 6.07) is 0.807. The summed E-state index contributed by atoms with van der Waals surface area (Å²) in [5.41, 5.74) is 1.62. The first-order chi connectivity index (χ1) is 8.36. The van der Waals surface area contributed by atoms with Crippen molar-refractivity contribution in [3.8, 4) is 0 Å². The van der Waals surface area contributed by atoms with E-state index in [9.17, 15) is 0 Å². The van der Waals surface area contributed by atoms with Gasteiger partial charge in [-0.05, 0) is 25.7 Å². The van der Waals surface area contributed by atoms with Crippen molar-refractivity contribution in [3.63, 3.8) is 0 Å². The molecule has 0 radical (unpaired) electrons. The monoisotopic (exact) mass is 234 g/mol. The molecule has 2 saturated carbocycles. The number of hydrogen-bond donors (Lipinski definition) is 0. The van der Waals surface area contributed by atoms with Crippen LogP contribution >= 0.6 is 0 Å². The van der Waals surface area contributed by atoms with E-state index in [1.165, 1.54) is 64.2 Å². The van der Waals surface area contributed by atoms with Crippen LogP contribution in [-0.2, 0) is 7.05 Å². The molecule has 3 rings (SSSR count).